The standard InChI is InChI=1S/C25H29N5O2/c1-15(2)19-9-7-18(8-10-19)14-26-25-28-17(4)27-24-23(16(3)29-30(24)25)20-11-12-21(31-5)22(13-20)32-6/h7-13,15H,14H2,1-6H3,(H,26,27,28). The lowest BCUT2D eigenvalue weighted by Gasteiger charge is -2.11. The first-order chi connectivity index (χ1) is 15.4. The van der Waals surface area contributed by atoms with Crippen LogP contribution in [-0.4, -0.2) is 33.8 Å². The number of rotatable bonds is 7. The highest BCUT2D eigenvalue weighted by molar-refractivity contribution is 5.81. The van der Waals surface area contributed by atoms with Crippen LogP contribution in [0.5, 0.6) is 11.5 Å². The van der Waals surface area contributed by atoms with E-state index in [0.29, 0.717) is 35.7 Å². The predicted molar refractivity (Wildman–Crippen MR) is 127 cm³/mol. The van der Waals surface area contributed by atoms with Crippen molar-refractivity contribution in [3.05, 3.63) is 65.1 Å². The van der Waals surface area contributed by atoms with Crippen LogP contribution < -0.4 is 14.8 Å². The number of fused-ring (bicyclic) bond motifs is 1. The fourth-order valence-corrected chi connectivity index (χ4v) is 3.79. The van der Waals surface area contributed by atoms with E-state index in [1.165, 1.54) is 11.1 Å². The molecule has 166 valence electrons. The molecule has 0 radical (unpaired) electrons. The fraction of sp³-hybridized carbons (Fsp3) is 0.320. The summed E-state index contributed by atoms with van der Waals surface area (Å²) in [5, 5.41) is 8.17. The molecule has 0 bridgehead atoms. The van der Waals surface area contributed by atoms with E-state index in [9.17, 15) is 0 Å². The van der Waals surface area contributed by atoms with Gasteiger partial charge >= 0.3 is 0 Å². The summed E-state index contributed by atoms with van der Waals surface area (Å²) in [4.78, 5) is 9.30. The number of aromatic nitrogens is 4. The summed E-state index contributed by atoms with van der Waals surface area (Å²) in [5.74, 6) is 3.20. The van der Waals surface area contributed by atoms with Gasteiger partial charge in [0.1, 0.15) is 5.82 Å². The van der Waals surface area contributed by atoms with Gasteiger partial charge in [-0.2, -0.15) is 14.6 Å². The van der Waals surface area contributed by atoms with E-state index in [1.54, 1.807) is 18.7 Å². The Morgan fingerprint density at radius 2 is 1.66 bits per heavy atom. The summed E-state index contributed by atoms with van der Waals surface area (Å²) >= 11 is 0. The first kappa shape index (κ1) is 21.6. The van der Waals surface area contributed by atoms with Gasteiger partial charge in [0.15, 0.2) is 17.1 Å². The topological polar surface area (TPSA) is 73.6 Å². The number of hydrogen-bond acceptors (Lipinski definition) is 6. The van der Waals surface area contributed by atoms with Crippen molar-refractivity contribution in [2.75, 3.05) is 19.5 Å². The van der Waals surface area contributed by atoms with Gasteiger partial charge in [0.25, 0.3) is 0 Å². The van der Waals surface area contributed by atoms with Crippen LogP contribution in [0.4, 0.5) is 5.95 Å². The zero-order chi connectivity index (χ0) is 22.8. The van der Waals surface area contributed by atoms with E-state index in [2.05, 4.69) is 48.4 Å². The Morgan fingerprint density at radius 1 is 0.938 bits per heavy atom. The van der Waals surface area contributed by atoms with Crippen molar-refractivity contribution in [3.8, 4) is 22.6 Å². The van der Waals surface area contributed by atoms with Gasteiger partial charge in [0, 0.05) is 12.1 Å². The molecule has 2 heterocycles. The van der Waals surface area contributed by atoms with Crippen LogP contribution in [0, 0.1) is 13.8 Å². The van der Waals surface area contributed by atoms with Gasteiger partial charge in [-0.3, -0.25) is 0 Å². The summed E-state index contributed by atoms with van der Waals surface area (Å²) in [5.41, 5.74) is 6.03. The molecule has 0 aliphatic heterocycles. The van der Waals surface area contributed by atoms with Gasteiger partial charge in [-0.1, -0.05) is 44.2 Å². The lowest BCUT2D eigenvalue weighted by molar-refractivity contribution is 0.355. The summed E-state index contributed by atoms with van der Waals surface area (Å²) in [6, 6.07) is 14.5. The van der Waals surface area contributed by atoms with Gasteiger partial charge in [-0.15, -0.1) is 0 Å². The van der Waals surface area contributed by atoms with Crippen molar-refractivity contribution in [2.24, 2.45) is 0 Å². The van der Waals surface area contributed by atoms with Gasteiger partial charge in [-0.25, -0.2) is 4.98 Å². The summed E-state index contributed by atoms with van der Waals surface area (Å²) in [6.45, 7) is 8.91. The van der Waals surface area contributed by atoms with Crippen LogP contribution in [-0.2, 0) is 6.54 Å². The van der Waals surface area contributed by atoms with Crippen molar-refractivity contribution in [3.63, 3.8) is 0 Å². The summed E-state index contributed by atoms with van der Waals surface area (Å²) < 4.78 is 12.6. The van der Waals surface area contributed by atoms with E-state index in [4.69, 9.17) is 19.6 Å². The molecule has 0 fully saturated rings. The van der Waals surface area contributed by atoms with Crippen LogP contribution in [0.3, 0.4) is 0 Å². The number of nitrogens with zero attached hydrogens (tertiary/aromatic N) is 4. The normalized spacial score (nSPS) is 11.2. The Balaban J connectivity index is 1.70. The van der Waals surface area contributed by atoms with Crippen LogP contribution in [0.2, 0.25) is 0 Å². The molecule has 7 nitrogen and oxygen atoms in total. The van der Waals surface area contributed by atoms with Crippen molar-refractivity contribution < 1.29 is 9.47 Å². The third-order valence-corrected chi connectivity index (χ3v) is 5.54. The molecule has 0 aliphatic carbocycles. The van der Waals surface area contributed by atoms with Crippen molar-refractivity contribution in [1.82, 2.24) is 19.6 Å². The average Bonchev–Trinajstić information content (AvgIpc) is 3.12. The Labute approximate surface area is 188 Å². The second kappa shape index (κ2) is 8.86. The Morgan fingerprint density at radius 3 is 2.31 bits per heavy atom. The second-order valence-corrected chi connectivity index (χ2v) is 8.11. The minimum atomic E-state index is 0.517. The number of aryl methyl sites for hydroxylation is 2. The van der Waals surface area contributed by atoms with Gasteiger partial charge in [0.2, 0.25) is 5.95 Å². The van der Waals surface area contributed by atoms with E-state index in [0.717, 1.165) is 22.5 Å². The Hall–Kier alpha value is -3.61. The highest BCUT2D eigenvalue weighted by atomic mass is 16.5. The lowest BCUT2D eigenvalue weighted by Crippen LogP contribution is -2.10. The first-order valence-corrected chi connectivity index (χ1v) is 10.7. The number of benzene rings is 2. The van der Waals surface area contributed by atoms with E-state index < -0.39 is 0 Å². The highest BCUT2D eigenvalue weighted by Gasteiger charge is 2.18. The van der Waals surface area contributed by atoms with Crippen LogP contribution >= 0.6 is 0 Å². The SMILES string of the molecule is COc1ccc(-c2c(C)nn3c(NCc4ccc(C(C)C)cc4)nc(C)nc23)cc1OC. The second-order valence-electron chi connectivity index (χ2n) is 8.11. The molecule has 1 N–H and O–H groups in total. The molecular formula is C25H29N5O2. The maximum Gasteiger partial charge on any atom is 0.227 e. The number of nitrogens with one attached hydrogen (secondary N) is 1. The van der Waals surface area contributed by atoms with Gasteiger partial charge in [-0.05, 0) is 48.6 Å². The quantitative estimate of drug-likeness (QED) is 0.436. The largest absolute Gasteiger partial charge is 0.493 e. The molecule has 4 rings (SSSR count). The Kier molecular flexibility index (Phi) is 5.99. The van der Waals surface area contributed by atoms with Crippen molar-refractivity contribution in [2.45, 2.75) is 40.2 Å². The molecule has 0 atom stereocenters. The molecule has 7 heteroatoms. The van der Waals surface area contributed by atoms with Crippen molar-refractivity contribution in [1.29, 1.82) is 0 Å². The van der Waals surface area contributed by atoms with E-state index in [1.807, 2.05) is 32.0 Å². The molecule has 0 amide bonds. The summed E-state index contributed by atoms with van der Waals surface area (Å²) in [7, 11) is 3.26. The zero-order valence-electron chi connectivity index (χ0n) is 19.4. The summed E-state index contributed by atoms with van der Waals surface area (Å²) in [6.07, 6.45) is 0. The number of ether oxygens (including phenoxy) is 2. The lowest BCUT2D eigenvalue weighted by atomic mass is 10.0. The predicted octanol–water partition coefficient (Wildman–Crippen LogP) is 5.16. The molecule has 0 saturated heterocycles. The number of anilines is 1. The van der Waals surface area contributed by atoms with E-state index in [-0.39, 0.29) is 0 Å². The van der Waals surface area contributed by atoms with Gasteiger partial charge in [0.05, 0.1) is 19.9 Å². The third-order valence-electron chi connectivity index (χ3n) is 5.54. The Bertz CT molecular complexity index is 1250. The molecular weight excluding hydrogens is 402 g/mol. The molecule has 0 unspecified atom stereocenters. The number of methoxy groups -OCH3 is 2. The minimum absolute atomic E-state index is 0.517. The van der Waals surface area contributed by atoms with Crippen molar-refractivity contribution >= 4 is 11.6 Å². The van der Waals surface area contributed by atoms with Crippen LogP contribution in [0.25, 0.3) is 16.8 Å². The maximum atomic E-state index is 5.49. The third kappa shape index (κ3) is 4.10. The molecule has 4 aromatic rings. The molecule has 2 aromatic heterocycles. The average molecular weight is 432 g/mol. The fourth-order valence-electron chi connectivity index (χ4n) is 3.79. The van der Waals surface area contributed by atoms with Gasteiger partial charge < -0.3 is 14.8 Å². The molecule has 0 saturated carbocycles. The van der Waals surface area contributed by atoms with Crippen LogP contribution in [0.1, 0.15) is 42.4 Å². The minimum Gasteiger partial charge on any atom is -0.493 e. The monoisotopic (exact) mass is 431 g/mol. The molecule has 32 heavy (non-hydrogen) atoms. The maximum absolute atomic E-state index is 5.49. The number of hydrogen-bond donors (Lipinski definition) is 1. The van der Waals surface area contributed by atoms with E-state index >= 15 is 0 Å². The first-order valence-electron chi connectivity index (χ1n) is 10.7. The highest BCUT2D eigenvalue weighted by Crippen LogP contribution is 2.35. The molecule has 2 aromatic carbocycles. The van der Waals surface area contributed by atoms with Crippen LogP contribution in [0.15, 0.2) is 42.5 Å². The smallest absolute Gasteiger partial charge is 0.227 e. The zero-order valence-corrected chi connectivity index (χ0v) is 19.4. The molecule has 0 spiro atoms. The molecule has 0 aliphatic rings.